The Labute approximate surface area is 187 Å². The van der Waals surface area contributed by atoms with Crippen molar-refractivity contribution < 1.29 is 27.8 Å². The van der Waals surface area contributed by atoms with Gasteiger partial charge in [0.15, 0.2) is 6.61 Å². The van der Waals surface area contributed by atoms with Gasteiger partial charge in [0, 0.05) is 5.56 Å². The fourth-order valence-corrected chi connectivity index (χ4v) is 2.56. The molecule has 0 spiro atoms. The van der Waals surface area contributed by atoms with Gasteiger partial charge in [0.05, 0.1) is 23.2 Å². The third kappa shape index (κ3) is 7.17. The van der Waals surface area contributed by atoms with Crippen LogP contribution in [0.4, 0.5) is 24.5 Å². The first-order chi connectivity index (χ1) is 15.7. The minimum absolute atomic E-state index is 0.0222. The van der Waals surface area contributed by atoms with Gasteiger partial charge in [0.1, 0.15) is 11.5 Å². The Morgan fingerprint density at radius 1 is 1.03 bits per heavy atom. The van der Waals surface area contributed by atoms with Gasteiger partial charge in [-0.2, -0.15) is 28.5 Å². The average molecular weight is 456 g/mol. The number of nitrogens with one attached hydrogen (secondary N) is 1. The van der Waals surface area contributed by atoms with E-state index in [0.717, 1.165) is 17.7 Å². The number of aryl methyl sites for hydroxylation is 1. The van der Waals surface area contributed by atoms with Crippen molar-refractivity contribution in [2.24, 2.45) is 15.3 Å². The fraction of sp³-hybridized carbons (Fsp3) is 0.130. The molecule has 7 nitrogen and oxygen atoms in total. The third-order valence-electron chi connectivity index (χ3n) is 4.25. The number of carbonyl (C=O) groups excluding carboxylic acids is 1. The lowest BCUT2D eigenvalue weighted by Crippen LogP contribution is -2.24. The number of halogens is 3. The summed E-state index contributed by atoms with van der Waals surface area (Å²) < 4.78 is 43.7. The number of hydrazone groups is 1. The van der Waals surface area contributed by atoms with Crippen molar-refractivity contribution in [3.05, 3.63) is 83.4 Å². The molecule has 0 bridgehead atoms. The van der Waals surface area contributed by atoms with Gasteiger partial charge in [0.25, 0.3) is 5.91 Å². The van der Waals surface area contributed by atoms with Crippen molar-refractivity contribution in [1.29, 1.82) is 0 Å². The molecule has 10 heteroatoms. The highest BCUT2D eigenvalue weighted by Gasteiger charge is 2.30. The lowest BCUT2D eigenvalue weighted by molar-refractivity contribution is -0.137. The second-order valence-corrected chi connectivity index (χ2v) is 6.89. The highest BCUT2D eigenvalue weighted by molar-refractivity contribution is 5.86. The van der Waals surface area contributed by atoms with E-state index in [2.05, 4.69) is 20.8 Å². The van der Waals surface area contributed by atoms with Gasteiger partial charge in [-0.1, -0.05) is 23.8 Å². The molecule has 170 valence electrons. The first-order valence-electron chi connectivity index (χ1n) is 9.64. The summed E-state index contributed by atoms with van der Waals surface area (Å²) in [7, 11) is 0. The van der Waals surface area contributed by atoms with E-state index in [-0.39, 0.29) is 29.3 Å². The van der Waals surface area contributed by atoms with Crippen LogP contribution in [0.3, 0.4) is 0 Å². The predicted molar refractivity (Wildman–Crippen MR) is 116 cm³/mol. The zero-order valence-electron chi connectivity index (χ0n) is 17.4. The molecular weight excluding hydrogens is 437 g/mol. The number of amides is 1. The van der Waals surface area contributed by atoms with Crippen molar-refractivity contribution >= 4 is 23.5 Å². The standard InChI is InChI=1S/C23H19F3N4O3/c1-15-5-8-20(9-6-15)33-14-22(32)30-27-13-16-11-19(7-10-21(16)31)29-28-18-4-2-3-17(12-18)23(24,25)26/h2-13,31H,14H2,1H3,(H,30,32)/b27-13-,29-28?. The van der Waals surface area contributed by atoms with E-state index in [1.165, 1.54) is 36.5 Å². The van der Waals surface area contributed by atoms with E-state index in [9.17, 15) is 23.1 Å². The number of aromatic hydroxyl groups is 1. The monoisotopic (exact) mass is 456 g/mol. The van der Waals surface area contributed by atoms with Gasteiger partial charge in [-0.15, -0.1) is 0 Å². The third-order valence-corrected chi connectivity index (χ3v) is 4.25. The first kappa shape index (κ1) is 23.5. The number of carbonyl (C=O) groups is 1. The summed E-state index contributed by atoms with van der Waals surface area (Å²) in [6, 6.07) is 15.8. The Balaban J connectivity index is 1.60. The molecule has 0 aromatic heterocycles. The molecule has 1 amide bonds. The summed E-state index contributed by atoms with van der Waals surface area (Å²) in [4.78, 5) is 11.9. The normalized spacial score (nSPS) is 11.8. The van der Waals surface area contributed by atoms with Crippen LogP contribution in [0, 0.1) is 6.92 Å². The molecule has 2 N–H and O–H groups in total. The molecule has 3 rings (SSSR count). The van der Waals surface area contributed by atoms with Crippen LogP contribution < -0.4 is 10.2 Å². The first-order valence-corrected chi connectivity index (χ1v) is 9.64. The molecule has 0 aliphatic rings. The Morgan fingerprint density at radius 2 is 1.73 bits per heavy atom. The smallest absolute Gasteiger partial charge is 0.416 e. The summed E-state index contributed by atoms with van der Waals surface area (Å²) in [6.07, 6.45) is -3.29. The van der Waals surface area contributed by atoms with Gasteiger partial charge in [0.2, 0.25) is 0 Å². The Bertz CT molecular complexity index is 1180. The Morgan fingerprint density at radius 3 is 2.42 bits per heavy atom. The van der Waals surface area contributed by atoms with Crippen molar-refractivity contribution in [2.75, 3.05) is 6.61 Å². The molecule has 0 saturated carbocycles. The maximum atomic E-state index is 12.8. The summed E-state index contributed by atoms with van der Waals surface area (Å²) >= 11 is 0. The van der Waals surface area contributed by atoms with Crippen molar-refractivity contribution in [2.45, 2.75) is 13.1 Å². The molecule has 3 aromatic rings. The fourth-order valence-electron chi connectivity index (χ4n) is 2.56. The van der Waals surface area contributed by atoms with E-state index in [0.29, 0.717) is 5.75 Å². The van der Waals surface area contributed by atoms with Crippen molar-refractivity contribution in [3.63, 3.8) is 0 Å². The molecule has 0 aliphatic carbocycles. The SMILES string of the molecule is Cc1ccc(OCC(=O)N/N=C\c2cc(N=Nc3cccc(C(F)(F)F)c3)ccc2O)cc1. The lowest BCUT2D eigenvalue weighted by atomic mass is 10.2. The number of phenolic OH excluding ortho intramolecular Hbond substituents is 1. The number of hydrogen-bond donors (Lipinski definition) is 2. The van der Waals surface area contributed by atoms with Crippen molar-refractivity contribution in [1.82, 2.24) is 5.43 Å². The van der Waals surface area contributed by atoms with Gasteiger partial charge >= 0.3 is 6.18 Å². The van der Waals surface area contributed by atoms with E-state index in [1.807, 2.05) is 19.1 Å². The molecule has 0 aliphatic heterocycles. The average Bonchev–Trinajstić information content (AvgIpc) is 2.78. The maximum Gasteiger partial charge on any atom is 0.416 e. The summed E-state index contributed by atoms with van der Waals surface area (Å²) in [6.45, 7) is 1.68. The molecule has 0 atom stereocenters. The molecule has 0 radical (unpaired) electrons. The second kappa shape index (κ2) is 10.4. The van der Waals surface area contributed by atoms with Gasteiger partial charge in [-0.25, -0.2) is 5.43 Å². The lowest BCUT2D eigenvalue weighted by Gasteiger charge is -2.06. The van der Waals surface area contributed by atoms with E-state index < -0.39 is 17.6 Å². The molecular formula is C23H19F3N4O3. The van der Waals surface area contributed by atoms with Crippen LogP contribution in [-0.4, -0.2) is 23.8 Å². The van der Waals surface area contributed by atoms with Crippen LogP contribution >= 0.6 is 0 Å². The summed E-state index contributed by atoms with van der Waals surface area (Å²) in [5, 5.41) is 21.4. The molecule has 0 fully saturated rings. The number of hydrogen-bond acceptors (Lipinski definition) is 6. The minimum atomic E-state index is -4.48. The number of alkyl halides is 3. The highest BCUT2D eigenvalue weighted by atomic mass is 19.4. The molecule has 0 heterocycles. The minimum Gasteiger partial charge on any atom is -0.507 e. The van der Waals surface area contributed by atoms with E-state index in [4.69, 9.17) is 4.74 Å². The van der Waals surface area contributed by atoms with Crippen LogP contribution in [0.25, 0.3) is 0 Å². The Hall–Kier alpha value is -4.21. The topological polar surface area (TPSA) is 95.6 Å². The second-order valence-electron chi connectivity index (χ2n) is 6.89. The number of nitrogens with zero attached hydrogens (tertiary/aromatic N) is 3. The van der Waals surface area contributed by atoms with E-state index in [1.54, 1.807) is 12.1 Å². The molecule has 0 unspecified atom stereocenters. The van der Waals surface area contributed by atoms with Gasteiger partial charge < -0.3 is 9.84 Å². The number of ether oxygens (including phenoxy) is 1. The largest absolute Gasteiger partial charge is 0.507 e. The van der Waals surface area contributed by atoms with Crippen LogP contribution in [0.5, 0.6) is 11.5 Å². The number of benzene rings is 3. The quantitative estimate of drug-likeness (QED) is 0.273. The molecule has 0 saturated heterocycles. The van der Waals surface area contributed by atoms with Gasteiger partial charge in [-0.3, -0.25) is 4.79 Å². The summed E-state index contributed by atoms with van der Waals surface area (Å²) in [5.41, 5.74) is 3.01. The van der Waals surface area contributed by atoms with Gasteiger partial charge in [-0.05, 0) is 55.5 Å². The van der Waals surface area contributed by atoms with Crippen LogP contribution in [0.2, 0.25) is 0 Å². The molecule has 3 aromatic carbocycles. The van der Waals surface area contributed by atoms with Crippen LogP contribution in [0.15, 0.2) is 82.1 Å². The molecule has 33 heavy (non-hydrogen) atoms. The number of azo groups is 1. The maximum absolute atomic E-state index is 12.8. The van der Waals surface area contributed by atoms with E-state index >= 15 is 0 Å². The predicted octanol–water partition coefficient (Wildman–Crippen LogP) is 5.66. The number of phenols is 1. The summed E-state index contributed by atoms with van der Waals surface area (Å²) in [5.74, 6) is -0.107. The zero-order chi connectivity index (χ0) is 23.8. The highest BCUT2D eigenvalue weighted by Crippen LogP contribution is 2.32. The van der Waals surface area contributed by atoms with Crippen LogP contribution in [-0.2, 0) is 11.0 Å². The zero-order valence-corrected chi connectivity index (χ0v) is 17.4. The Kier molecular flexibility index (Phi) is 7.39. The van der Waals surface area contributed by atoms with Crippen LogP contribution in [0.1, 0.15) is 16.7 Å². The van der Waals surface area contributed by atoms with Crippen molar-refractivity contribution in [3.8, 4) is 11.5 Å². The number of rotatable bonds is 7.